The van der Waals surface area contributed by atoms with Gasteiger partial charge >= 0.3 is 0 Å². The minimum Gasteiger partial charge on any atom is -0.323 e. The van der Waals surface area contributed by atoms with Crippen LogP contribution in [0.15, 0.2) is 12.4 Å². The Labute approximate surface area is 123 Å². The van der Waals surface area contributed by atoms with Gasteiger partial charge in [-0.25, -0.2) is 0 Å². The molecule has 1 atom stereocenters. The molecule has 0 saturated heterocycles. The van der Waals surface area contributed by atoms with Crippen molar-refractivity contribution in [3.63, 3.8) is 0 Å². The molecule has 0 radical (unpaired) electrons. The van der Waals surface area contributed by atoms with Gasteiger partial charge in [0.25, 0.3) is 0 Å². The first-order valence-electron chi connectivity index (χ1n) is 7.96. The van der Waals surface area contributed by atoms with Gasteiger partial charge < -0.3 is 11.1 Å². The zero-order valence-electron chi connectivity index (χ0n) is 13.2. The van der Waals surface area contributed by atoms with Gasteiger partial charge in [-0.3, -0.25) is 4.68 Å². The Morgan fingerprint density at radius 3 is 2.65 bits per heavy atom. The maximum atomic E-state index is 6.22. The molecule has 1 fully saturated rings. The molecule has 4 nitrogen and oxygen atoms in total. The van der Waals surface area contributed by atoms with Gasteiger partial charge in [-0.05, 0) is 30.6 Å². The van der Waals surface area contributed by atoms with E-state index in [4.69, 9.17) is 5.73 Å². The molecule has 1 saturated carbocycles. The molecule has 114 valence electrons. The number of nitrogens with one attached hydrogen (secondary N) is 1. The Morgan fingerprint density at radius 2 is 2.10 bits per heavy atom. The molecule has 0 amide bonds. The molecule has 20 heavy (non-hydrogen) atoms. The number of hydrogen-bond donors (Lipinski definition) is 2. The van der Waals surface area contributed by atoms with E-state index >= 15 is 0 Å². The molecule has 1 aromatic heterocycles. The van der Waals surface area contributed by atoms with Gasteiger partial charge in [-0.1, -0.05) is 26.7 Å². The zero-order chi connectivity index (χ0) is 14.6. The third-order valence-corrected chi connectivity index (χ3v) is 4.52. The van der Waals surface area contributed by atoms with Gasteiger partial charge in [0.15, 0.2) is 0 Å². The summed E-state index contributed by atoms with van der Waals surface area (Å²) in [4.78, 5) is 0. The van der Waals surface area contributed by atoms with E-state index in [-0.39, 0.29) is 6.04 Å². The van der Waals surface area contributed by atoms with Crippen molar-refractivity contribution in [1.29, 1.82) is 0 Å². The third kappa shape index (κ3) is 4.06. The molecule has 1 heterocycles. The van der Waals surface area contributed by atoms with E-state index in [9.17, 15) is 0 Å². The number of nitrogens with zero attached hydrogens (tertiary/aromatic N) is 2. The first kappa shape index (κ1) is 15.5. The van der Waals surface area contributed by atoms with E-state index in [1.54, 1.807) is 0 Å². The van der Waals surface area contributed by atoms with Crippen molar-refractivity contribution in [2.45, 2.75) is 52.0 Å². The molecule has 0 aromatic carbocycles. The molecule has 0 aliphatic heterocycles. The van der Waals surface area contributed by atoms with Crippen LogP contribution in [0.5, 0.6) is 0 Å². The molecule has 3 N–H and O–H groups in total. The van der Waals surface area contributed by atoms with E-state index in [0.29, 0.717) is 5.41 Å². The largest absolute Gasteiger partial charge is 0.323 e. The van der Waals surface area contributed by atoms with Crippen LogP contribution in [-0.4, -0.2) is 22.9 Å². The van der Waals surface area contributed by atoms with Crippen LogP contribution in [0.4, 0.5) is 0 Å². The SMILES string of the molecule is CC(C)CC1(CNCC(N)c2cnn(C)c2)CCCC1. The van der Waals surface area contributed by atoms with Crippen LogP contribution in [0, 0.1) is 11.3 Å². The maximum Gasteiger partial charge on any atom is 0.0537 e. The quantitative estimate of drug-likeness (QED) is 0.806. The molecule has 1 aliphatic carbocycles. The number of nitrogens with two attached hydrogens (primary N) is 1. The Hall–Kier alpha value is -0.870. The molecular weight excluding hydrogens is 248 g/mol. The van der Waals surface area contributed by atoms with E-state index in [2.05, 4.69) is 24.3 Å². The van der Waals surface area contributed by atoms with Gasteiger partial charge in [-0.15, -0.1) is 0 Å². The zero-order valence-corrected chi connectivity index (χ0v) is 13.2. The molecular formula is C16H30N4. The van der Waals surface area contributed by atoms with Crippen molar-refractivity contribution >= 4 is 0 Å². The van der Waals surface area contributed by atoms with Crippen LogP contribution in [0.2, 0.25) is 0 Å². The minimum atomic E-state index is 0.0428. The second kappa shape index (κ2) is 6.72. The summed E-state index contributed by atoms with van der Waals surface area (Å²) in [5.41, 5.74) is 7.85. The summed E-state index contributed by atoms with van der Waals surface area (Å²) in [7, 11) is 1.93. The van der Waals surface area contributed by atoms with Gasteiger partial charge in [-0.2, -0.15) is 5.10 Å². The monoisotopic (exact) mass is 278 g/mol. The van der Waals surface area contributed by atoms with Crippen LogP contribution in [0.3, 0.4) is 0 Å². The summed E-state index contributed by atoms with van der Waals surface area (Å²) in [5.74, 6) is 0.780. The molecule has 4 heteroatoms. The van der Waals surface area contributed by atoms with Gasteiger partial charge in [0.2, 0.25) is 0 Å². The Morgan fingerprint density at radius 1 is 1.40 bits per heavy atom. The van der Waals surface area contributed by atoms with Crippen LogP contribution in [-0.2, 0) is 7.05 Å². The second-order valence-corrected chi connectivity index (χ2v) is 6.99. The highest BCUT2D eigenvalue weighted by Crippen LogP contribution is 2.42. The van der Waals surface area contributed by atoms with Crippen LogP contribution >= 0.6 is 0 Å². The molecule has 2 rings (SSSR count). The minimum absolute atomic E-state index is 0.0428. The summed E-state index contributed by atoms with van der Waals surface area (Å²) in [5, 5.41) is 7.80. The van der Waals surface area contributed by atoms with Crippen molar-refractivity contribution in [2.24, 2.45) is 24.1 Å². The fourth-order valence-electron chi connectivity index (χ4n) is 3.69. The summed E-state index contributed by atoms with van der Waals surface area (Å²) < 4.78 is 1.81. The van der Waals surface area contributed by atoms with Crippen LogP contribution in [0.1, 0.15) is 57.6 Å². The highest BCUT2D eigenvalue weighted by Gasteiger charge is 2.33. The van der Waals surface area contributed by atoms with Crippen molar-refractivity contribution in [3.8, 4) is 0 Å². The highest BCUT2D eigenvalue weighted by atomic mass is 15.2. The van der Waals surface area contributed by atoms with Gasteiger partial charge in [0.1, 0.15) is 0 Å². The predicted octanol–water partition coefficient (Wildman–Crippen LogP) is 2.62. The summed E-state index contributed by atoms with van der Waals surface area (Å²) in [6, 6.07) is 0.0428. The average molecular weight is 278 g/mol. The van der Waals surface area contributed by atoms with Gasteiger partial charge in [0.05, 0.1) is 6.20 Å². The lowest BCUT2D eigenvalue weighted by atomic mass is 9.78. The maximum absolute atomic E-state index is 6.22. The van der Waals surface area contributed by atoms with Crippen LogP contribution < -0.4 is 11.1 Å². The lowest BCUT2D eigenvalue weighted by Crippen LogP contribution is -2.37. The molecule has 0 bridgehead atoms. The van der Waals surface area contributed by atoms with Gasteiger partial charge in [0, 0.05) is 37.9 Å². The summed E-state index contributed by atoms with van der Waals surface area (Å²) >= 11 is 0. The van der Waals surface area contributed by atoms with Crippen molar-refractivity contribution in [1.82, 2.24) is 15.1 Å². The number of rotatable bonds is 7. The second-order valence-electron chi connectivity index (χ2n) is 6.99. The Kier molecular flexibility index (Phi) is 5.22. The molecule has 0 spiro atoms. The Bertz CT molecular complexity index is 404. The standard InChI is InChI=1S/C16H30N4/c1-13(2)8-16(6-4-5-7-16)12-18-10-15(17)14-9-19-20(3)11-14/h9,11,13,15,18H,4-8,10,12,17H2,1-3H3. The predicted molar refractivity (Wildman–Crippen MR) is 83.4 cm³/mol. The average Bonchev–Trinajstić information content (AvgIpc) is 2.98. The smallest absolute Gasteiger partial charge is 0.0537 e. The Balaban J connectivity index is 1.81. The van der Waals surface area contributed by atoms with Crippen LogP contribution in [0.25, 0.3) is 0 Å². The van der Waals surface area contributed by atoms with Crippen molar-refractivity contribution in [2.75, 3.05) is 13.1 Å². The van der Waals surface area contributed by atoms with E-state index in [0.717, 1.165) is 24.6 Å². The number of aryl methyl sites for hydroxylation is 1. The summed E-state index contributed by atoms with van der Waals surface area (Å²) in [6.45, 7) is 6.62. The summed E-state index contributed by atoms with van der Waals surface area (Å²) in [6.07, 6.45) is 10.7. The number of hydrogen-bond acceptors (Lipinski definition) is 3. The van der Waals surface area contributed by atoms with Crippen molar-refractivity contribution < 1.29 is 0 Å². The van der Waals surface area contributed by atoms with E-state index < -0.39 is 0 Å². The number of aromatic nitrogens is 2. The topological polar surface area (TPSA) is 55.9 Å². The van der Waals surface area contributed by atoms with Crippen molar-refractivity contribution in [3.05, 3.63) is 18.0 Å². The lowest BCUT2D eigenvalue weighted by Gasteiger charge is -2.31. The molecule has 1 aromatic rings. The van der Waals surface area contributed by atoms with E-state index in [1.165, 1.54) is 32.1 Å². The highest BCUT2D eigenvalue weighted by molar-refractivity contribution is 5.09. The van der Waals surface area contributed by atoms with E-state index in [1.807, 2.05) is 24.1 Å². The fraction of sp³-hybridized carbons (Fsp3) is 0.812. The molecule has 1 unspecified atom stereocenters. The third-order valence-electron chi connectivity index (χ3n) is 4.52. The normalized spacial score (nSPS) is 19.6. The molecule has 1 aliphatic rings. The first-order chi connectivity index (χ1) is 9.51. The first-order valence-corrected chi connectivity index (χ1v) is 7.96. The lowest BCUT2D eigenvalue weighted by molar-refractivity contribution is 0.223. The fourth-order valence-corrected chi connectivity index (χ4v) is 3.69.